The minimum atomic E-state index is -0.480. The quantitative estimate of drug-likeness (QED) is 0.811. The number of nitrogens with zero attached hydrogens (tertiary/aromatic N) is 2. The number of carbonyl (C=O) groups excluding carboxylic acids is 2. The van der Waals surface area contributed by atoms with Crippen molar-refractivity contribution in [2.45, 2.75) is 13.0 Å². The van der Waals surface area contributed by atoms with Crippen LogP contribution in [0.2, 0.25) is 0 Å². The number of benzene rings is 1. The fraction of sp³-hybridized carbons (Fsp3) is 0.381. The lowest BCUT2D eigenvalue weighted by atomic mass is 9.89. The predicted octanol–water partition coefficient (Wildman–Crippen LogP) is 1.94. The second kappa shape index (κ2) is 7.14. The van der Waals surface area contributed by atoms with E-state index in [9.17, 15) is 14.4 Å². The molecule has 2 aromatic rings. The monoisotopic (exact) mass is 382 g/mol. The van der Waals surface area contributed by atoms with Crippen molar-refractivity contribution in [2.24, 2.45) is 11.8 Å². The summed E-state index contributed by atoms with van der Waals surface area (Å²) in [4.78, 5) is 39.9. The van der Waals surface area contributed by atoms with Gasteiger partial charge in [-0.2, -0.15) is 0 Å². The zero-order valence-corrected chi connectivity index (χ0v) is 15.8. The van der Waals surface area contributed by atoms with Crippen molar-refractivity contribution in [1.82, 2.24) is 9.80 Å². The Morgan fingerprint density at radius 1 is 1.07 bits per heavy atom. The van der Waals surface area contributed by atoms with Crippen molar-refractivity contribution in [3.63, 3.8) is 0 Å². The molecule has 2 saturated heterocycles. The fourth-order valence-corrected chi connectivity index (χ4v) is 4.43. The first-order chi connectivity index (χ1) is 13.5. The van der Waals surface area contributed by atoms with E-state index in [0.29, 0.717) is 25.2 Å². The van der Waals surface area contributed by atoms with Crippen LogP contribution in [0.1, 0.15) is 28.9 Å². The maximum absolute atomic E-state index is 12.8. The van der Waals surface area contributed by atoms with Gasteiger partial charge in [-0.25, -0.2) is 4.79 Å². The van der Waals surface area contributed by atoms with Crippen LogP contribution in [-0.2, 0) is 4.79 Å². The average Bonchev–Trinajstić information content (AvgIpc) is 3.26. The van der Waals surface area contributed by atoms with Crippen molar-refractivity contribution in [1.29, 1.82) is 0 Å². The van der Waals surface area contributed by atoms with E-state index < -0.39 is 5.63 Å². The molecule has 7 nitrogen and oxygen atoms in total. The number of hydrogen-bond donors (Lipinski definition) is 0. The fourth-order valence-electron chi connectivity index (χ4n) is 4.43. The van der Waals surface area contributed by atoms with E-state index in [1.54, 1.807) is 18.9 Å². The molecule has 3 atom stereocenters. The summed E-state index contributed by atoms with van der Waals surface area (Å²) in [5.41, 5.74) is 0.930. The van der Waals surface area contributed by atoms with Gasteiger partial charge < -0.3 is 19.0 Å². The highest BCUT2D eigenvalue weighted by atomic mass is 16.5. The Morgan fingerprint density at radius 2 is 1.82 bits per heavy atom. The van der Waals surface area contributed by atoms with Gasteiger partial charge in [-0.1, -0.05) is 12.1 Å². The zero-order chi connectivity index (χ0) is 19.8. The first kappa shape index (κ1) is 18.3. The summed E-state index contributed by atoms with van der Waals surface area (Å²) in [7, 11) is 1.62. The molecular formula is C21H22N2O5. The van der Waals surface area contributed by atoms with Crippen LogP contribution in [-0.4, -0.2) is 48.4 Å². The normalized spacial score (nSPS) is 23.6. The third-order valence-electron chi connectivity index (χ3n) is 5.76. The summed E-state index contributed by atoms with van der Waals surface area (Å²) >= 11 is 0. The maximum Gasteiger partial charge on any atom is 0.335 e. The van der Waals surface area contributed by atoms with Crippen LogP contribution in [0, 0.1) is 11.8 Å². The van der Waals surface area contributed by atoms with Gasteiger partial charge in [-0.15, -0.1) is 0 Å². The number of carbonyl (C=O) groups is 2. The first-order valence-corrected chi connectivity index (χ1v) is 9.27. The summed E-state index contributed by atoms with van der Waals surface area (Å²) in [6.45, 7) is 3.36. The summed E-state index contributed by atoms with van der Waals surface area (Å²) in [6.07, 6.45) is 1.21. The molecule has 2 fully saturated rings. The minimum Gasteiger partial charge on any atom is -0.497 e. The molecule has 0 bridgehead atoms. The molecule has 2 aliphatic heterocycles. The van der Waals surface area contributed by atoms with E-state index >= 15 is 0 Å². The molecule has 0 saturated carbocycles. The highest BCUT2D eigenvalue weighted by molar-refractivity contribution is 5.94. The lowest BCUT2D eigenvalue weighted by Crippen LogP contribution is -2.36. The van der Waals surface area contributed by atoms with Crippen molar-refractivity contribution < 1.29 is 18.7 Å². The molecule has 2 aliphatic rings. The van der Waals surface area contributed by atoms with Gasteiger partial charge in [-0.05, 0) is 23.8 Å². The molecule has 1 aromatic heterocycles. The Kier molecular flexibility index (Phi) is 4.66. The molecule has 4 rings (SSSR count). The molecule has 0 aliphatic carbocycles. The molecule has 28 heavy (non-hydrogen) atoms. The SMILES string of the molecule is COc1ccc([C@H]2[C@@H]3CN(C(=O)c4ccc(=O)oc4)C[C@@H]3CN2C(C)=O)cc1. The van der Waals surface area contributed by atoms with Crippen LogP contribution in [0.4, 0.5) is 0 Å². The van der Waals surface area contributed by atoms with Crippen LogP contribution in [0.5, 0.6) is 5.75 Å². The summed E-state index contributed by atoms with van der Waals surface area (Å²) < 4.78 is 10.1. The predicted molar refractivity (Wildman–Crippen MR) is 101 cm³/mol. The van der Waals surface area contributed by atoms with E-state index in [1.807, 2.05) is 29.2 Å². The van der Waals surface area contributed by atoms with Gasteiger partial charge in [0.05, 0.1) is 18.7 Å². The van der Waals surface area contributed by atoms with E-state index in [-0.39, 0.29) is 29.7 Å². The largest absolute Gasteiger partial charge is 0.497 e. The number of ether oxygens (including phenoxy) is 1. The van der Waals surface area contributed by atoms with Gasteiger partial charge in [-0.3, -0.25) is 9.59 Å². The van der Waals surface area contributed by atoms with Crippen molar-refractivity contribution in [3.05, 3.63) is 64.2 Å². The van der Waals surface area contributed by atoms with Crippen molar-refractivity contribution in [3.8, 4) is 5.75 Å². The number of rotatable bonds is 3. The van der Waals surface area contributed by atoms with Crippen LogP contribution in [0.15, 0.2) is 51.9 Å². The molecule has 1 aromatic carbocycles. The van der Waals surface area contributed by atoms with Crippen LogP contribution >= 0.6 is 0 Å². The Balaban J connectivity index is 1.58. The number of fused-ring (bicyclic) bond motifs is 1. The second-order valence-electron chi connectivity index (χ2n) is 7.37. The summed E-state index contributed by atoms with van der Waals surface area (Å²) in [5.74, 6) is 1.04. The van der Waals surface area contributed by atoms with Crippen LogP contribution in [0.3, 0.4) is 0 Å². The van der Waals surface area contributed by atoms with E-state index in [1.165, 1.54) is 18.4 Å². The van der Waals surface area contributed by atoms with Crippen molar-refractivity contribution >= 4 is 11.8 Å². The zero-order valence-electron chi connectivity index (χ0n) is 15.8. The van der Waals surface area contributed by atoms with Gasteiger partial charge in [0, 0.05) is 44.5 Å². The average molecular weight is 382 g/mol. The minimum absolute atomic E-state index is 0.0397. The lowest BCUT2D eigenvalue weighted by molar-refractivity contribution is -0.130. The first-order valence-electron chi connectivity index (χ1n) is 9.27. The standard InChI is InChI=1S/C21H22N2O5/c1-13(24)23-10-16-9-22(21(26)15-5-8-19(25)28-12-15)11-18(16)20(23)14-3-6-17(27-2)7-4-14/h3-8,12,16,18,20H,9-11H2,1-2H3/t16-,18-,20+/m1/s1. The molecule has 7 heteroatoms. The third kappa shape index (κ3) is 3.17. The molecule has 0 unspecified atom stereocenters. The smallest absolute Gasteiger partial charge is 0.335 e. The summed E-state index contributed by atoms with van der Waals surface area (Å²) in [5, 5.41) is 0. The molecule has 3 heterocycles. The number of amides is 2. The topological polar surface area (TPSA) is 80.1 Å². The molecule has 146 valence electrons. The molecule has 2 amide bonds. The van der Waals surface area contributed by atoms with Gasteiger partial charge >= 0.3 is 5.63 Å². The summed E-state index contributed by atoms with van der Waals surface area (Å²) in [6, 6.07) is 10.4. The van der Waals surface area contributed by atoms with Crippen LogP contribution in [0.25, 0.3) is 0 Å². The van der Waals surface area contributed by atoms with Crippen LogP contribution < -0.4 is 10.4 Å². The second-order valence-corrected chi connectivity index (χ2v) is 7.37. The van der Waals surface area contributed by atoms with Gasteiger partial charge in [0.25, 0.3) is 5.91 Å². The Hall–Kier alpha value is -3.09. The van der Waals surface area contributed by atoms with Gasteiger partial charge in [0.15, 0.2) is 0 Å². The van der Waals surface area contributed by atoms with Gasteiger partial charge in [0.2, 0.25) is 5.91 Å². The Morgan fingerprint density at radius 3 is 2.43 bits per heavy atom. The molecule has 0 radical (unpaired) electrons. The molecular weight excluding hydrogens is 360 g/mol. The third-order valence-corrected chi connectivity index (χ3v) is 5.76. The maximum atomic E-state index is 12.8. The Labute approximate surface area is 162 Å². The van der Waals surface area contributed by atoms with E-state index in [4.69, 9.17) is 9.15 Å². The van der Waals surface area contributed by atoms with E-state index in [0.717, 1.165) is 11.3 Å². The Bertz CT molecular complexity index is 932. The number of methoxy groups -OCH3 is 1. The molecule has 0 spiro atoms. The highest BCUT2D eigenvalue weighted by Crippen LogP contribution is 2.45. The number of likely N-dealkylation sites (tertiary alicyclic amines) is 2. The van der Waals surface area contributed by atoms with Crippen molar-refractivity contribution in [2.75, 3.05) is 26.7 Å². The highest BCUT2D eigenvalue weighted by Gasteiger charge is 2.49. The lowest BCUT2D eigenvalue weighted by Gasteiger charge is -2.29. The number of hydrogen-bond acceptors (Lipinski definition) is 5. The molecule has 0 N–H and O–H groups in total. The van der Waals surface area contributed by atoms with E-state index in [2.05, 4.69) is 0 Å². The van der Waals surface area contributed by atoms with Gasteiger partial charge in [0.1, 0.15) is 12.0 Å².